The number of aliphatic hydroxyl groups is 1. The normalized spacial score (nSPS) is 10.6. The van der Waals surface area contributed by atoms with Gasteiger partial charge in [-0.1, -0.05) is 37.2 Å². The molecule has 0 fully saturated rings. The van der Waals surface area contributed by atoms with Gasteiger partial charge in [0.15, 0.2) is 0 Å². The zero-order chi connectivity index (χ0) is 14.3. The van der Waals surface area contributed by atoms with Gasteiger partial charge in [0.05, 0.1) is 0 Å². The van der Waals surface area contributed by atoms with Crippen molar-refractivity contribution in [2.75, 3.05) is 0 Å². The maximum atomic E-state index is 10.7. The van der Waals surface area contributed by atoms with E-state index in [9.17, 15) is 9.90 Å². The van der Waals surface area contributed by atoms with Crippen molar-refractivity contribution >= 4 is 5.78 Å². The van der Waals surface area contributed by atoms with Gasteiger partial charge in [-0.05, 0) is 38.0 Å². The topological polar surface area (TPSA) is 37.3 Å². The average Bonchev–Trinajstić information content (AvgIpc) is 2.35. The molecule has 0 heterocycles. The van der Waals surface area contributed by atoms with E-state index in [1.807, 2.05) is 6.08 Å². The van der Waals surface area contributed by atoms with Gasteiger partial charge in [-0.15, -0.1) is 6.58 Å². The summed E-state index contributed by atoms with van der Waals surface area (Å²) in [5.41, 5.74) is 0. The predicted octanol–water partition coefficient (Wildman–Crippen LogP) is 3.25. The summed E-state index contributed by atoms with van der Waals surface area (Å²) in [6.07, 6.45) is 9.16. The lowest BCUT2D eigenvalue weighted by Crippen LogP contribution is -2.07. The highest BCUT2D eigenvalue weighted by atomic mass is 16.3. The average molecular weight is 260 g/mol. The first-order chi connectivity index (χ1) is 9.16. The van der Waals surface area contributed by atoms with Crippen LogP contribution in [0.1, 0.15) is 58.3 Å². The Kier molecular flexibility index (Phi) is 11.9. The van der Waals surface area contributed by atoms with Crippen molar-refractivity contribution < 1.29 is 9.90 Å². The number of unbranched alkanes of at least 4 members (excludes halogenated alkanes) is 6. The van der Waals surface area contributed by atoms with Crippen LogP contribution in [0, 0.1) is 23.7 Å². The van der Waals surface area contributed by atoms with Crippen LogP contribution in [0.25, 0.3) is 0 Å². The van der Waals surface area contributed by atoms with Crippen LogP contribution in [0.3, 0.4) is 0 Å². The van der Waals surface area contributed by atoms with Crippen LogP contribution in [-0.2, 0) is 4.79 Å². The van der Waals surface area contributed by atoms with E-state index in [0.29, 0.717) is 0 Å². The van der Waals surface area contributed by atoms with Gasteiger partial charge in [0, 0.05) is 12.8 Å². The van der Waals surface area contributed by atoms with Crippen LogP contribution < -0.4 is 0 Å². The Bertz CT molecular complexity index is 374. The summed E-state index contributed by atoms with van der Waals surface area (Å²) >= 11 is 0. The molecule has 0 saturated carbocycles. The lowest BCUT2D eigenvalue weighted by atomic mass is 10.1. The summed E-state index contributed by atoms with van der Waals surface area (Å²) in [6, 6.07) is 0. The lowest BCUT2D eigenvalue weighted by Gasteiger charge is -1.96. The van der Waals surface area contributed by atoms with E-state index in [0.717, 1.165) is 19.3 Å². The molecule has 0 spiro atoms. The second-order valence-corrected chi connectivity index (χ2v) is 4.59. The minimum atomic E-state index is -0.878. The Morgan fingerprint density at radius 1 is 1.21 bits per heavy atom. The monoisotopic (exact) mass is 260 g/mol. The van der Waals surface area contributed by atoms with Crippen molar-refractivity contribution in [3.8, 4) is 23.7 Å². The molecule has 0 aromatic heterocycles. The molecule has 1 unspecified atom stereocenters. The van der Waals surface area contributed by atoms with Crippen molar-refractivity contribution in [3.63, 3.8) is 0 Å². The first-order valence-corrected chi connectivity index (χ1v) is 6.93. The van der Waals surface area contributed by atoms with E-state index in [-0.39, 0.29) is 12.2 Å². The molecule has 1 atom stereocenters. The number of aliphatic hydroxyl groups excluding tert-OH is 1. The highest BCUT2D eigenvalue weighted by Gasteiger charge is 2.01. The van der Waals surface area contributed by atoms with Gasteiger partial charge in [-0.2, -0.15) is 0 Å². The molecule has 0 aliphatic heterocycles. The fourth-order valence-corrected chi connectivity index (χ4v) is 1.58. The Labute approximate surface area is 117 Å². The minimum absolute atomic E-state index is 0.0637. The SMILES string of the molecule is C=CCCCCCCCC#CC#CC(O)CC(C)=O. The highest BCUT2D eigenvalue weighted by Crippen LogP contribution is 2.06. The predicted molar refractivity (Wildman–Crippen MR) is 79.4 cm³/mol. The third-order valence-electron chi connectivity index (χ3n) is 2.58. The summed E-state index contributed by atoms with van der Waals surface area (Å²) in [5.74, 6) is 10.7. The molecule has 2 heteroatoms. The summed E-state index contributed by atoms with van der Waals surface area (Å²) in [5, 5.41) is 9.29. The zero-order valence-electron chi connectivity index (χ0n) is 11.9. The Morgan fingerprint density at radius 2 is 1.89 bits per heavy atom. The maximum Gasteiger partial charge on any atom is 0.133 e. The zero-order valence-corrected chi connectivity index (χ0v) is 11.9. The molecule has 0 radical (unpaired) electrons. The number of ketones is 1. The number of rotatable bonds is 9. The number of Topliss-reactive ketones (excluding diaryl/α,β-unsaturated/α-hetero) is 1. The molecule has 2 nitrogen and oxygen atoms in total. The van der Waals surface area contributed by atoms with Crippen molar-refractivity contribution in [2.24, 2.45) is 0 Å². The quantitative estimate of drug-likeness (QED) is 0.392. The lowest BCUT2D eigenvalue weighted by molar-refractivity contribution is -0.118. The van der Waals surface area contributed by atoms with Crippen LogP contribution in [0.5, 0.6) is 0 Å². The number of hydrogen-bond donors (Lipinski definition) is 1. The summed E-state index contributed by atoms with van der Waals surface area (Å²) in [4.78, 5) is 10.7. The Hall–Kier alpha value is -1.51. The van der Waals surface area contributed by atoms with Crippen molar-refractivity contribution in [1.29, 1.82) is 0 Å². The number of carbonyl (C=O) groups is 1. The van der Waals surface area contributed by atoms with Crippen molar-refractivity contribution in [3.05, 3.63) is 12.7 Å². The van der Waals surface area contributed by atoms with E-state index in [1.165, 1.54) is 32.6 Å². The van der Waals surface area contributed by atoms with Crippen LogP contribution in [0.15, 0.2) is 12.7 Å². The molecule has 0 bridgehead atoms. The molecule has 0 amide bonds. The highest BCUT2D eigenvalue weighted by molar-refractivity contribution is 5.76. The van der Waals surface area contributed by atoms with Gasteiger partial charge in [0.1, 0.15) is 11.9 Å². The van der Waals surface area contributed by atoms with Gasteiger partial charge in [-0.25, -0.2) is 0 Å². The third kappa shape index (κ3) is 14.4. The Balaban J connectivity index is 3.52. The molecular formula is C17H24O2. The van der Waals surface area contributed by atoms with Crippen molar-refractivity contribution in [1.82, 2.24) is 0 Å². The fourth-order valence-electron chi connectivity index (χ4n) is 1.58. The van der Waals surface area contributed by atoms with Crippen LogP contribution in [0.4, 0.5) is 0 Å². The van der Waals surface area contributed by atoms with Crippen LogP contribution in [0.2, 0.25) is 0 Å². The molecule has 1 N–H and O–H groups in total. The van der Waals surface area contributed by atoms with Crippen molar-refractivity contribution in [2.45, 2.75) is 64.4 Å². The molecule has 0 aliphatic rings. The van der Waals surface area contributed by atoms with Gasteiger partial charge in [-0.3, -0.25) is 4.79 Å². The van der Waals surface area contributed by atoms with E-state index in [2.05, 4.69) is 30.3 Å². The van der Waals surface area contributed by atoms with Gasteiger partial charge in [0.2, 0.25) is 0 Å². The molecule has 0 aliphatic carbocycles. The summed E-state index contributed by atoms with van der Waals surface area (Å²) in [7, 11) is 0. The van der Waals surface area contributed by atoms with E-state index in [1.54, 1.807) is 0 Å². The number of allylic oxidation sites excluding steroid dienone is 1. The number of carbonyl (C=O) groups excluding carboxylic acids is 1. The first kappa shape index (κ1) is 17.5. The second-order valence-electron chi connectivity index (χ2n) is 4.59. The second kappa shape index (κ2) is 12.9. The summed E-state index contributed by atoms with van der Waals surface area (Å²) in [6.45, 7) is 5.13. The Morgan fingerprint density at radius 3 is 2.58 bits per heavy atom. The van der Waals surface area contributed by atoms with Gasteiger partial charge in [0.25, 0.3) is 0 Å². The number of hydrogen-bond acceptors (Lipinski definition) is 2. The van der Waals surface area contributed by atoms with E-state index < -0.39 is 6.10 Å². The smallest absolute Gasteiger partial charge is 0.133 e. The van der Waals surface area contributed by atoms with Gasteiger partial charge < -0.3 is 5.11 Å². The fraction of sp³-hybridized carbons (Fsp3) is 0.588. The molecule has 0 aromatic rings. The third-order valence-corrected chi connectivity index (χ3v) is 2.58. The van der Waals surface area contributed by atoms with Gasteiger partial charge >= 0.3 is 0 Å². The largest absolute Gasteiger partial charge is 0.380 e. The van der Waals surface area contributed by atoms with Crippen LogP contribution in [-0.4, -0.2) is 17.0 Å². The standard InChI is InChI=1S/C17H24O2/c1-3-4-5-6-7-8-9-10-11-12-13-14-17(19)15-16(2)18/h3,17,19H,1,4-10,15H2,2H3. The minimum Gasteiger partial charge on any atom is -0.380 e. The molecule has 19 heavy (non-hydrogen) atoms. The molecule has 0 rings (SSSR count). The molecule has 0 aromatic carbocycles. The van der Waals surface area contributed by atoms with Crippen LogP contribution >= 0.6 is 0 Å². The summed E-state index contributed by atoms with van der Waals surface area (Å²) < 4.78 is 0. The molecular weight excluding hydrogens is 236 g/mol. The maximum absolute atomic E-state index is 10.7. The van der Waals surface area contributed by atoms with E-state index >= 15 is 0 Å². The first-order valence-electron chi connectivity index (χ1n) is 6.93. The van der Waals surface area contributed by atoms with E-state index in [4.69, 9.17) is 0 Å². The molecule has 104 valence electrons. The molecule has 0 saturated heterocycles.